The molecule has 0 aliphatic heterocycles. The van der Waals surface area contributed by atoms with Crippen molar-refractivity contribution in [2.24, 2.45) is 0 Å². The van der Waals surface area contributed by atoms with Crippen molar-refractivity contribution in [3.8, 4) is 11.1 Å². The largest absolute Gasteiger partial charge is 0.368 e. The van der Waals surface area contributed by atoms with Crippen LogP contribution in [0.2, 0.25) is 0 Å². The molecule has 0 spiro atoms. The highest BCUT2D eigenvalue weighted by Gasteiger charge is 2.28. The molecule has 0 radical (unpaired) electrons. The molecule has 0 bridgehead atoms. The number of pyridine rings is 1. The van der Waals surface area contributed by atoms with E-state index < -0.39 is 5.41 Å². The number of nitrogens with zero attached hydrogens (tertiary/aromatic N) is 3. The third-order valence-electron chi connectivity index (χ3n) is 4.34. The van der Waals surface area contributed by atoms with E-state index in [1.165, 1.54) is 6.07 Å². The molecule has 0 aliphatic carbocycles. The van der Waals surface area contributed by atoms with Gasteiger partial charge >= 0.3 is 0 Å². The maximum Gasteiger partial charge on any atom is 0.220 e. The van der Waals surface area contributed by atoms with Gasteiger partial charge in [0, 0.05) is 24.2 Å². The fourth-order valence-electron chi connectivity index (χ4n) is 2.74. The molecule has 0 fully saturated rings. The number of hydrogen-bond donors (Lipinski definition) is 2. The summed E-state index contributed by atoms with van der Waals surface area (Å²) in [6, 6.07) is 10.4. The molecule has 2 heterocycles. The van der Waals surface area contributed by atoms with Crippen LogP contribution in [-0.4, -0.2) is 15.0 Å². The minimum atomic E-state index is -0.618. The molecule has 0 atom stereocenters. The zero-order chi connectivity index (χ0) is 19.4. The van der Waals surface area contributed by atoms with Crippen molar-refractivity contribution in [3.05, 3.63) is 84.5 Å². The number of allylic oxidation sites excluding steroid dienone is 1. The van der Waals surface area contributed by atoms with E-state index in [1.807, 2.05) is 32.0 Å². The van der Waals surface area contributed by atoms with E-state index in [0.29, 0.717) is 17.1 Å². The van der Waals surface area contributed by atoms with Gasteiger partial charge in [-0.3, -0.25) is 4.98 Å². The monoisotopic (exact) mass is 361 g/mol. The minimum Gasteiger partial charge on any atom is -0.368 e. The van der Waals surface area contributed by atoms with E-state index in [1.54, 1.807) is 30.7 Å². The van der Waals surface area contributed by atoms with Crippen molar-refractivity contribution >= 4 is 11.6 Å². The second-order valence-corrected chi connectivity index (χ2v) is 6.54. The number of aromatic nitrogens is 3. The molecule has 136 valence electrons. The Kier molecular flexibility index (Phi) is 5.01. The van der Waals surface area contributed by atoms with Gasteiger partial charge in [-0.15, -0.1) is 5.73 Å². The second kappa shape index (κ2) is 7.40. The van der Waals surface area contributed by atoms with Crippen molar-refractivity contribution in [2.45, 2.75) is 19.3 Å². The van der Waals surface area contributed by atoms with Gasteiger partial charge in [0.05, 0.1) is 22.5 Å². The first-order valence-electron chi connectivity index (χ1n) is 8.38. The Morgan fingerprint density at radius 1 is 1.19 bits per heavy atom. The molecule has 5 nitrogen and oxygen atoms in total. The molecule has 0 amide bonds. The van der Waals surface area contributed by atoms with E-state index in [0.717, 1.165) is 11.1 Å². The van der Waals surface area contributed by atoms with E-state index in [9.17, 15) is 4.39 Å². The van der Waals surface area contributed by atoms with Crippen LogP contribution < -0.4 is 11.1 Å². The molecule has 0 unspecified atom stereocenters. The van der Waals surface area contributed by atoms with E-state index in [2.05, 4.69) is 32.6 Å². The Morgan fingerprint density at radius 2 is 2.00 bits per heavy atom. The fourth-order valence-corrected chi connectivity index (χ4v) is 2.74. The minimum absolute atomic E-state index is 0.177. The lowest BCUT2D eigenvalue weighted by atomic mass is 9.85. The predicted octanol–water partition coefficient (Wildman–Crippen LogP) is 4.32. The van der Waals surface area contributed by atoms with Gasteiger partial charge in [0.1, 0.15) is 5.82 Å². The van der Waals surface area contributed by atoms with Crippen LogP contribution in [0, 0.1) is 5.82 Å². The van der Waals surface area contributed by atoms with Crippen molar-refractivity contribution in [1.82, 2.24) is 15.0 Å². The standard InChI is InChI=1S/C21H20FN5/c1-4-18(21(2,3)19-9-11-25-20(23)27-19)26-17-8-7-14(12-16(17)22)15-6-5-10-24-13-15/h5-13,26H,1H2,2-3H3,(H2,23,25,27). The van der Waals surface area contributed by atoms with Crippen LogP contribution in [0.5, 0.6) is 0 Å². The number of benzene rings is 1. The summed E-state index contributed by atoms with van der Waals surface area (Å²) in [4.78, 5) is 12.2. The average molecular weight is 361 g/mol. The third kappa shape index (κ3) is 3.86. The Bertz CT molecular complexity index is 1010. The number of halogens is 1. The van der Waals surface area contributed by atoms with Crippen LogP contribution in [0.3, 0.4) is 0 Å². The summed E-state index contributed by atoms with van der Waals surface area (Å²) < 4.78 is 14.7. The number of nitrogens with two attached hydrogens (primary N) is 1. The zero-order valence-corrected chi connectivity index (χ0v) is 15.2. The number of anilines is 2. The molecule has 1 aromatic carbocycles. The summed E-state index contributed by atoms with van der Waals surface area (Å²) in [5.74, 6) is -0.210. The van der Waals surface area contributed by atoms with E-state index in [-0.39, 0.29) is 11.8 Å². The average Bonchev–Trinajstić information content (AvgIpc) is 2.67. The highest BCUT2D eigenvalue weighted by atomic mass is 19.1. The summed E-state index contributed by atoms with van der Waals surface area (Å²) >= 11 is 0. The number of nitrogen functional groups attached to an aromatic ring is 1. The quantitative estimate of drug-likeness (QED) is 0.662. The van der Waals surface area contributed by atoms with Gasteiger partial charge in [-0.2, -0.15) is 0 Å². The Balaban J connectivity index is 1.90. The van der Waals surface area contributed by atoms with Crippen LogP contribution in [-0.2, 0) is 5.41 Å². The zero-order valence-electron chi connectivity index (χ0n) is 15.2. The fraction of sp³-hybridized carbons (Fsp3) is 0.143. The molecule has 0 aliphatic rings. The van der Waals surface area contributed by atoms with Crippen LogP contribution in [0.25, 0.3) is 11.1 Å². The van der Waals surface area contributed by atoms with Gasteiger partial charge in [-0.25, -0.2) is 14.4 Å². The van der Waals surface area contributed by atoms with Crippen LogP contribution in [0.4, 0.5) is 16.0 Å². The molecule has 0 saturated heterocycles. The Morgan fingerprint density at radius 3 is 2.63 bits per heavy atom. The number of hydrogen-bond acceptors (Lipinski definition) is 5. The van der Waals surface area contributed by atoms with Gasteiger partial charge < -0.3 is 11.1 Å². The molecule has 2 aromatic heterocycles. The molecule has 3 N–H and O–H groups in total. The summed E-state index contributed by atoms with van der Waals surface area (Å²) in [6.07, 6.45) is 4.96. The van der Waals surface area contributed by atoms with Gasteiger partial charge in [0.2, 0.25) is 5.95 Å². The normalized spacial score (nSPS) is 10.9. The molecular weight excluding hydrogens is 341 g/mol. The first kappa shape index (κ1) is 18.3. The molecule has 3 rings (SSSR count). The highest BCUT2D eigenvalue weighted by molar-refractivity contribution is 5.66. The molecule has 0 saturated carbocycles. The summed E-state index contributed by atoms with van der Waals surface area (Å²) in [6.45, 7) is 7.59. The summed E-state index contributed by atoms with van der Waals surface area (Å²) in [5, 5.41) is 3.09. The van der Waals surface area contributed by atoms with Crippen molar-refractivity contribution in [2.75, 3.05) is 11.1 Å². The first-order chi connectivity index (χ1) is 12.9. The highest BCUT2D eigenvalue weighted by Crippen LogP contribution is 2.32. The lowest BCUT2D eigenvalue weighted by Gasteiger charge is -2.27. The van der Waals surface area contributed by atoms with Crippen molar-refractivity contribution < 1.29 is 4.39 Å². The summed E-state index contributed by atoms with van der Waals surface area (Å²) in [7, 11) is 0. The van der Waals surface area contributed by atoms with Crippen LogP contribution in [0.1, 0.15) is 19.5 Å². The van der Waals surface area contributed by atoms with Crippen LogP contribution >= 0.6 is 0 Å². The van der Waals surface area contributed by atoms with Gasteiger partial charge in [-0.1, -0.05) is 18.7 Å². The number of nitrogens with one attached hydrogen (secondary N) is 1. The van der Waals surface area contributed by atoms with E-state index in [4.69, 9.17) is 5.73 Å². The Hall–Kier alpha value is -3.50. The summed E-state index contributed by atoms with van der Waals surface area (Å²) in [5.41, 5.74) is 11.1. The topological polar surface area (TPSA) is 76.7 Å². The first-order valence-corrected chi connectivity index (χ1v) is 8.38. The maximum atomic E-state index is 14.7. The van der Waals surface area contributed by atoms with Gasteiger partial charge in [0.15, 0.2) is 0 Å². The lowest BCUT2D eigenvalue weighted by molar-refractivity contribution is 0.598. The number of rotatable bonds is 5. The molecular formula is C21H20FN5. The van der Waals surface area contributed by atoms with Gasteiger partial charge in [0.25, 0.3) is 0 Å². The maximum absolute atomic E-state index is 14.7. The lowest BCUT2D eigenvalue weighted by Crippen LogP contribution is -2.27. The Labute approximate surface area is 157 Å². The smallest absolute Gasteiger partial charge is 0.220 e. The van der Waals surface area contributed by atoms with Crippen LogP contribution in [0.15, 0.2) is 73.0 Å². The molecule has 27 heavy (non-hydrogen) atoms. The molecule has 3 aromatic rings. The predicted molar refractivity (Wildman–Crippen MR) is 105 cm³/mol. The van der Waals surface area contributed by atoms with Gasteiger partial charge in [-0.05, 0) is 43.7 Å². The van der Waals surface area contributed by atoms with Crippen molar-refractivity contribution in [3.63, 3.8) is 0 Å². The third-order valence-corrected chi connectivity index (χ3v) is 4.34. The van der Waals surface area contributed by atoms with Crippen molar-refractivity contribution in [1.29, 1.82) is 0 Å². The SMILES string of the molecule is C=C=C(Nc1ccc(-c2cccnc2)cc1F)C(C)(C)c1ccnc(N)n1. The second-order valence-electron chi connectivity index (χ2n) is 6.54. The molecule has 6 heteroatoms. The van der Waals surface area contributed by atoms with E-state index >= 15 is 0 Å².